The third kappa shape index (κ3) is 2.34. The molecule has 0 N–H and O–H groups in total. The molecule has 2 nitrogen and oxygen atoms in total. The van der Waals surface area contributed by atoms with Crippen molar-refractivity contribution in [2.24, 2.45) is 0 Å². The van der Waals surface area contributed by atoms with Gasteiger partial charge in [0.15, 0.2) is 0 Å². The molecule has 0 radical (unpaired) electrons. The molecule has 0 spiro atoms. The highest BCUT2D eigenvalue weighted by Crippen LogP contribution is 2.31. The molecular formula is C12H12BrNOS. The molecule has 1 atom stereocenters. The number of aromatic nitrogens is 1. The first kappa shape index (κ1) is 11.8. The van der Waals surface area contributed by atoms with Gasteiger partial charge in [-0.15, -0.1) is 11.3 Å². The van der Waals surface area contributed by atoms with Gasteiger partial charge in [0.2, 0.25) is 0 Å². The molecule has 0 bridgehead atoms. The molecule has 0 amide bonds. The Bertz CT molecular complexity index is 483. The van der Waals surface area contributed by atoms with Crippen LogP contribution in [0.25, 0.3) is 11.3 Å². The average molecular weight is 298 g/mol. The lowest BCUT2D eigenvalue weighted by molar-refractivity contribution is 0.119. The largest absolute Gasteiger partial charge is 0.375 e. The molecule has 0 aliphatic rings. The molecule has 1 aromatic carbocycles. The van der Waals surface area contributed by atoms with Crippen molar-refractivity contribution in [1.29, 1.82) is 0 Å². The minimum Gasteiger partial charge on any atom is -0.375 e. The average Bonchev–Trinajstić information content (AvgIpc) is 2.78. The van der Waals surface area contributed by atoms with Crippen molar-refractivity contribution in [3.05, 3.63) is 39.1 Å². The van der Waals surface area contributed by atoms with E-state index in [4.69, 9.17) is 4.74 Å². The van der Waals surface area contributed by atoms with Crippen LogP contribution >= 0.6 is 27.3 Å². The number of hydrogen-bond donors (Lipinski definition) is 0. The van der Waals surface area contributed by atoms with Gasteiger partial charge in [0.1, 0.15) is 11.1 Å². The monoisotopic (exact) mass is 297 g/mol. The van der Waals surface area contributed by atoms with E-state index >= 15 is 0 Å². The predicted octanol–water partition coefficient (Wildman–Crippen LogP) is 4.28. The molecule has 0 aliphatic carbocycles. The number of ether oxygens (including phenoxy) is 1. The van der Waals surface area contributed by atoms with E-state index in [1.54, 1.807) is 18.4 Å². The van der Waals surface area contributed by atoms with Crippen LogP contribution in [-0.2, 0) is 4.74 Å². The Hall–Kier alpha value is -0.710. The van der Waals surface area contributed by atoms with Crippen molar-refractivity contribution in [3.8, 4) is 11.3 Å². The SMILES string of the molecule is COC(C)c1nc(-c2ccccc2Br)cs1. The molecule has 2 rings (SSSR count). The molecule has 0 saturated carbocycles. The third-order valence-corrected chi connectivity index (χ3v) is 4.07. The summed E-state index contributed by atoms with van der Waals surface area (Å²) in [6.45, 7) is 2.00. The topological polar surface area (TPSA) is 22.1 Å². The second-order valence-electron chi connectivity index (χ2n) is 3.43. The lowest BCUT2D eigenvalue weighted by atomic mass is 10.2. The first-order chi connectivity index (χ1) is 7.72. The molecule has 0 saturated heterocycles. The van der Waals surface area contributed by atoms with Crippen molar-refractivity contribution in [2.75, 3.05) is 7.11 Å². The van der Waals surface area contributed by atoms with Gasteiger partial charge in [-0.25, -0.2) is 4.98 Å². The zero-order valence-corrected chi connectivity index (χ0v) is 11.5. The summed E-state index contributed by atoms with van der Waals surface area (Å²) in [4.78, 5) is 4.58. The van der Waals surface area contributed by atoms with Crippen LogP contribution in [0.15, 0.2) is 34.1 Å². The van der Waals surface area contributed by atoms with Crippen LogP contribution in [0.5, 0.6) is 0 Å². The summed E-state index contributed by atoms with van der Waals surface area (Å²) in [6, 6.07) is 8.09. The maximum absolute atomic E-state index is 5.25. The second-order valence-corrected chi connectivity index (χ2v) is 5.17. The molecule has 1 heterocycles. The zero-order chi connectivity index (χ0) is 11.5. The van der Waals surface area contributed by atoms with Crippen LogP contribution in [0, 0.1) is 0 Å². The number of methoxy groups -OCH3 is 1. The van der Waals surface area contributed by atoms with Gasteiger partial charge in [-0.2, -0.15) is 0 Å². The van der Waals surface area contributed by atoms with E-state index in [-0.39, 0.29) is 6.10 Å². The summed E-state index contributed by atoms with van der Waals surface area (Å²) in [5, 5.41) is 3.07. The second kappa shape index (κ2) is 5.08. The molecule has 1 unspecified atom stereocenters. The lowest BCUT2D eigenvalue weighted by Gasteiger charge is -2.04. The van der Waals surface area contributed by atoms with Crippen molar-refractivity contribution >= 4 is 27.3 Å². The Morgan fingerprint density at radius 2 is 2.12 bits per heavy atom. The van der Waals surface area contributed by atoms with Gasteiger partial charge in [-0.1, -0.05) is 34.1 Å². The molecule has 1 aromatic heterocycles. The van der Waals surface area contributed by atoms with Crippen LogP contribution < -0.4 is 0 Å². The number of thiazole rings is 1. The van der Waals surface area contributed by atoms with Crippen LogP contribution in [0.4, 0.5) is 0 Å². The predicted molar refractivity (Wildman–Crippen MR) is 70.7 cm³/mol. The molecular weight excluding hydrogens is 286 g/mol. The summed E-state index contributed by atoms with van der Waals surface area (Å²) in [5.74, 6) is 0. The van der Waals surface area contributed by atoms with E-state index in [0.717, 1.165) is 20.7 Å². The highest BCUT2D eigenvalue weighted by atomic mass is 79.9. The van der Waals surface area contributed by atoms with Crippen molar-refractivity contribution in [1.82, 2.24) is 4.98 Å². The van der Waals surface area contributed by atoms with Gasteiger partial charge in [-0.05, 0) is 13.0 Å². The Morgan fingerprint density at radius 1 is 1.38 bits per heavy atom. The number of halogens is 1. The summed E-state index contributed by atoms with van der Waals surface area (Å²) >= 11 is 5.16. The van der Waals surface area contributed by atoms with Gasteiger partial charge in [-0.3, -0.25) is 0 Å². The van der Waals surface area contributed by atoms with Crippen LogP contribution in [0.2, 0.25) is 0 Å². The smallest absolute Gasteiger partial charge is 0.122 e. The van der Waals surface area contributed by atoms with Crippen molar-refractivity contribution < 1.29 is 4.74 Å². The maximum Gasteiger partial charge on any atom is 0.122 e. The Labute approximate surface area is 107 Å². The van der Waals surface area contributed by atoms with E-state index in [0.29, 0.717) is 0 Å². The molecule has 84 valence electrons. The minimum absolute atomic E-state index is 0.0567. The Balaban J connectivity index is 2.35. The van der Waals surface area contributed by atoms with Gasteiger partial charge in [0.25, 0.3) is 0 Å². The molecule has 16 heavy (non-hydrogen) atoms. The minimum atomic E-state index is 0.0567. The Kier molecular flexibility index (Phi) is 3.74. The highest BCUT2D eigenvalue weighted by Gasteiger charge is 2.11. The van der Waals surface area contributed by atoms with Gasteiger partial charge in [0, 0.05) is 22.5 Å². The normalized spacial score (nSPS) is 12.7. The van der Waals surface area contributed by atoms with Crippen molar-refractivity contribution in [2.45, 2.75) is 13.0 Å². The number of rotatable bonds is 3. The molecule has 0 fully saturated rings. The maximum atomic E-state index is 5.25. The lowest BCUT2D eigenvalue weighted by Crippen LogP contribution is -1.94. The fourth-order valence-electron chi connectivity index (χ4n) is 1.37. The number of nitrogens with zero attached hydrogens (tertiary/aromatic N) is 1. The van der Waals surface area contributed by atoms with Gasteiger partial charge < -0.3 is 4.74 Å². The van der Waals surface area contributed by atoms with E-state index in [9.17, 15) is 0 Å². The zero-order valence-electron chi connectivity index (χ0n) is 9.11. The van der Waals surface area contributed by atoms with Crippen LogP contribution in [-0.4, -0.2) is 12.1 Å². The van der Waals surface area contributed by atoms with E-state index in [2.05, 4.69) is 32.4 Å². The summed E-state index contributed by atoms with van der Waals surface area (Å²) in [6.07, 6.45) is 0.0567. The van der Waals surface area contributed by atoms with Crippen LogP contribution in [0.3, 0.4) is 0 Å². The first-order valence-electron chi connectivity index (χ1n) is 4.95. The number of hydrogen-bond acceptors (Lipinski definition) is 3. The first-order valence-corrected chi connectivity index (χ1v) is 6.62. The summed E-state index contributed by atoms with van der Waals surface area (Å²) in [7, 11) is 1.70. The molecule has 0 aliphatic heterocycles. The van der Waals surface area contributed by atoms with Gasteiger partial charge >= 0.3 is 0 Å². The summed E-state index contributed by atoms with van der Waals surface area (Å²) < 4.78 is 6.32. The van der Waals surface area contributed by atoms with E-state index < -0.39 is 0 Å². The molecule has 2 aromatic rings. The highest BCUT2D eigenvalue weighted by molar-refractivity contribution is 9.10. The van der Waals surface area contributed by atoms with E-state index in [1.807, 2.05) is 25.1 Å². The fraction of sp³-hybridized carbons (Fsp3) is 0.250. The van der Waals surface area contributed by atoms with E-state index in [1.165, 1.54) is 0 Å². The third-order valence-electron chi connectivity index (χ3n) is 2.37. The summed E-state index contributed by atoms with van der Waals surface area (Å²) in [5.41, 5.74) is 2.12. The van der Waals surface area contributed by atoms with Gasteiger partial charge in [0.05, 0.1) is 5.69 Å². The van der Waals surface area contributed by atoms with Crippen LogP contribution in [0.1, 0.15) is 18.0 Å². The molecule has 4 heteroatoms. The van der Waals surface area contributed by atoms with Crippen molar-refractivity contribution in [3.63, 3.8) is 0 Å². The number of benzene rings is 1. The standard InChI is InChI=1S/C12H12BrNOS/c1-8(15-2)12-14-11(7-16-12)9-5-3-4-6-10(9)13/h3-8H,1-2H3. The quantitative estimate of drug-likeness (QED) is 0.843. The Morgan fingerprint density at radius 3 is 2.81 bits per heavy atom. The fourth-order valence-corrected chi connectivity index (χ4v) is 2.71.